The number of rotatable bonds is 5. The second-order valence-corrected chi connectivity index (χ2v) is 8.14. The number of nitrogens with zero attached hydrogens (tertiary/aromatic N) is 1. The summed E-state index contributed by atoms with van der Waals surface area (Å²) >= 11 is 3.22. The largest absolute Gasteiger partial charge is 0.368 e. The Morgan fingerprint density at radius 2 is 1.92 bits per heavy atom. The Morgan fingerprint density at radius 3 is 2.46 bits per heavy atom. The van der Waals surface area contributed by atoms with Gasteiger partial charge < -0.3 is 5.73 Å². The van der Waals surface area contributed by atoms with Crippen molar-refractivity contribution in [1.82, 2.24) is 4.31 Å². The third-order valence-electron chi connectivity index (χ3n) is 3.54. The standard InChI is InChI=1S/C16H16BrFN2O3S/c1-10-6-7-14(13(17)8-10)24(22,23)20(2)15(16(19)21)11-4-3-5-12(18)9-11/h3-9,15H,1-2H3,(H2,19,21). The van der Waals surface area contributed by atoms with E-state index in [1.807, 2.05) is 6.92 Å². The predicted octanol–water partition coefficient (Wildman–Crippen LogP) is 2.74. The first-order chi connectivity index (χ1) is 11.1. The van der Waals surface area contributed by atoms with Gasteiger partial charge in [0.15, 0.2) is 0 Å². The van der Waals surface area contributed by atoms with Crippen LogP contribution in [0, 0.1) is 12.7 Å². The van der Waals surface area contributed by atoms with Crippen LogP contribution in [0.15, 0.2) is 51.8 Å². The molecule has 0 heterocycles. The van der Waals surface area contributed by atoms with Crippen LogP contribution in [0.3, 0.4) is 0 Å². The van der Waals surface area contributed by atoms with Gasteiger partial charge in [-0.2, -0.15) is 4.31 Å². The molecule has 0 aliphatic carbocycles. The number of benzene rings is 2. The van der Waals surface area contributed by atoms with Crippen LogP contribution in [0.5, 0.6) is 0 Å². The highest BCUT2D eigenvalue weighted by molar-refractivity contribution is 9.10. The molecule has 2 aromatic rings. The van der Waals surface area contributed by atoms with Gasteiger partial charge in [-0.1, -0.05) is 18.2 Å². The molecule has 0 aliphatic heterocycles. The highest BCUT2D eigenvalue weighted by Gasteiger charge is 2.34. The minimum atomic E-state index is -4.03. The Balaban J connectivity index is 2.53. The maximum Gasteiger partial charge on any atom is 0.244 e. The Kier molecular flexibility index (Phi) is 5.42. The number of likely N-dealkylation sites (N-methyl/N-ethyl adjacent to an activating group) is 1. The number of hydrogen-bond acceptors (Lipinski definition) is 3. The first-order valence-electron chi connectivity index (χ1n) is 6.93. The Bertz CT molecular complexity index is 887. The summed E-state index contributed by atoms with van der Waals surface area (Å²) in [6.45, 7) is 1.82. The van der Waals surface area contributed by atoms with Crippen LogP contribution in [0.4, 0.5) is 4.39 Å². The molecule has 0 radical (unpaired) electrons. The predicted molar refractivity (Wildman–Crippen MR) is 92.2 cm³/mol. The summed E-state index contributed by atoms with van der Waals surface area (Å²) in [7, 11) is -2.79. The van der Waals surface area contributed by atoms with Crippen LogP contribution in [-0.2, 0) is 14.8 Å². The van der Waals surface area contributed by atoms with Crippen LogP contribution >= 0.6 is 15.9 Å². The lowest BCUT2D eigenvalue weighted by Gasteiger charge is -2.26. The van der Waals surface area contributed by atoms with E-state index >= 15 is 0 Å². The normalized spacial score (nSPS) is 13.0. The number of carbonyl (C=O) groups is 1. The molecule has 1 amide bonds. The lowest BCUT2D eigenvalue weighted by Crippen LogP contribution is -2.39. The molecule has 0 bridgehead atoms. The molecule has 0 spiro atoms. The van der Waals surface area contributed by atoms with Gasteiger partial charge in [-0.25, -0.2) is 12.8 Å². The minimum Gasteiger partial charge on any atom is -0.368 e. The number of nitrogens with two attached hydrogens (primary N) is 1. The lowest BCUT2D eigenvalue weighted by atomic mass is 10.1. The molecule has 8 heteroatoms. The Morgan fingerprint density at radius 1 is 1.25 bits per heavy atom. The van der Waals surface area contributed by atoms with E-state index in [9.17, 15) is 17.6 Å². The van der Waals surface area contributed by atoms with Crippen LogP contribution in [0.1, 0.15) is 17.2 Å². The Hall–Kier alpha value is -1.77. The topological polar surface area (TPSA) is 80.5 Å². The molecular weight excluding hydrogens is 399 g/mol. The van der Waals surface area contributed by atoms with Crippen molar-refractivity contribution in [2.75, 3.05) is 7.05 Å². The van der Waals surface area contributed by atoms with E-state index in [0.29, 0.717) is 4.47 Å². The number of sulfonamides is 1. The van der Waals surface area contributed by atoms with Crippen LogP contribution in [-0.4, -0.2) is 25.7 Å². The third-order valence-corrected chi connectivity index (χ3v) is 6.34. The van der Waals surface area contributed by atoms with Crippen molar-refractivity contribution in [2.24, 2.45) is 5.73 Å². The molecule has 2 N–H and O–H groups in total. The fraction of sp³-hybridized carbons (Fsp3) is 0.188. The van der Waals surface area contributed by atoms with Gasteiger partial charge in [0.2, 0.25) is 15.9 Å². The summed E-state index contributed by atoms with van der Waals surface area (Å²) < 4.78 is 40.4. The van der Waals surface area contributed by atoms with Gasteiger partial charge in [-0.3, -0.25) is 4.79 Å². The van der Waals surface area contributed by atoms with Crippen molar-refractivity contribution in [3.05, 3.63) is 63.9 Å². The van der Waals surface area contributed by atoms with E-state index in [2.05, 4.69) is 15.9 Å². The molecule has 2 aromatic carbocycles. The maximum atomic E-state index is 13.5. The number of halogens is 2. The highest BCUT2D eigenvalue weighted by Crippen LogP contribution is 2.30. The average Bonchev–Trinajstić information content (AvgIpc) is 2.46. The number of hydrogen-bond donors (Lipinski definition) is 1. The van der Waals surface area contributed by atoms with Gasteiger partial charge in [-0.15, -0.1) is 0 Å². The molecule has 1 atom stereocenters. The number of aryl methyl sites for hydroxylation is 1. The quantitative estimate of drug-likeness (QED) is 0.816. The molecule has 0 fully saturated rings. The zero-order chi connectivity index (χ0) is 18.1. The summed E-state index contributed by atoms with van der Waals surface area (Å²) in [6, 6.07) is 8.55. The molecule has 0 saturated carbocycles. The van der Waals surface area contributed by atoms with E-state index in [1.165, 1.54) is 31.3 Å². The van der Waals surface area contributed by atoms with E-state index in [-0.39, 0.29) is 10.5 Å². The minimum absolute atomic E-state index is 0.00162. The van der Waals surface area contributed by atoms with E-state index in [1.54, 1.807) is 12.1 Å². The van der Waals surface area contributed by atoms with Gasteiger partial charge in [0.1, 0.15) is 11.9 Å². The molecule has 0 aromatic heterocycles. The van der Waals surface area contributed by atoms with Crippen LogP contribution < -0.4 is 5.73 Å². The second kappa shape index (κ2) is 7.00. The summed E-state index contributed by atoms with van der Waals surface area (Å²) in [6.07, 6.45) is 0. The first-order valence-corrected chi connectivity index (χ1v) is 9.17. The third kappa shape index (κ3) is 3.66. The molecule has 5 nitrogen and oxygen atoms in total. The van der Waals surface area contributed by atoms with Crippen molar-refractivity contribution in [2.45, 2.75) is 17.9 Å². The molecule has 0 aliphatic rings. The average molecular weight is 415 g/mol. The highest BCUT2D eigenvalue weighted by atomic mass is 79.9. The van der Waals surface area contributed by atoms with Gasteiger partial charge in [-0.05, 0) is 58.2 Å². The van der Waals surface area contributed by atoms with Gasteiger partial charge >= 0.3 is 0 Å². The number of primary amides is 1. The second-order valence-electron chi connectivity index (χ2n) is 5.32. The fourth-order valence-corrected chi connectivity index (χ4v) is 4.80. The summed E-state index contributed by atoms with van der Waals surface area (Å²) in [5.74, 6) is -1.48. The number of amides is 1. The van der Waals surface area contributed by atoms with Crippen LogP contribution in [0.2, 0.25) is 0 Å². The molecule has 2 rings (SSSR count). The molecule has 0 saturated heterocycles. The monoisotopic (exact) mass is 414 g/mol. The van der Waals surface area contributed by atoms with E-state index < -0.39 is 27.8 Å². The van der Waals surface area contributed by atoms with E-state index in [4.69, 9.17) is 5.73 Å². The van der Waals surface area contributed by atoms with Crippen molar-refractivity contribution in [1.29, 1.82) is 0 Å². The fourth-order valence-electron chi connectivity index (χ4n) is 2.34. The zero-order valence-corrected chi connectivity index (χ0v) is 15.4. The SMILES string of the molecule is Cc1ccc(S(=O)(=O)N(C)C(C(N)=O)c2cccc(F)c2)c(Br)c1. The summed E-state index contributed by atoms with van der Waals surface area (Å²) in [5, 5.41) is 0. The Labute approximate surface area is 148 Å². The maximum absolute atomic E-state index is 13.5. The smallest absolute Gasteiger partial charge is 0.244 e. The lowest BCUT2D eigenvalue weighted by molar-refractivity contribution is -0.121. The van der Waals surface area contributed by atoms with Crippen molar-refractivity contribution >= 4 is 31.9 Å². The number of carbonyl (C=O) groups excluding carboxylic acids is 1. The summed E-state index contributed by atoms with van der Waals surface area (Å²) in [5.41, 5.74) is 6.42. The molecule has 24 heavy (non-hydrogen) atoms. The van der Waals surface area contributed by atoms with Crippen molar-refractivity contribution in [3.8, 4) is 0 Å². The van der Waals surface area contributed by atoms with Crippen molar-refractivity contribution < 1.29 is 17.6 Å². The van der Waals surface area contributed by atoms with E-state index in [0.717, 1.165) is 15.9 Å². The molecule has 128 valence electrons. The zero-order valence-electron chi connectivity index (χ0n) is 13.0. The van der Waals surface area contributed by atoms with Crippen LogP contribution in [0.25, 0.3) is 0 Å². The molecular formula is C16H16BrFN2O3S. The first kappa shape index (κ1) is 18.6. The summed E-state index contributed by atoms with van der Waals surface area (Å²) in [4.78, 5) is 11.9. The van der Waals surface area contributed by atoms with Gasteiger partial charge in [0, 0.05) is 11.5 Å². The van der Waals surface area contributed by atoms with Gasteiger partial charge in [0.05, 0.1) is 4.90 Å². The van der Waals surface area contributed by atoms with Crippen molar-refractivity contribution in [3.63, 3.8) is 0 Å². The van der Waals surface area contributed by atoms with Gasteiger partial charge in [0.25, 0.3) is 0 Å². The molecule has 1 unspecified atom stereocenters.